The zero-order valence-corrected chi connectivity index (χ0v) is 10.4. The van der Waals surface area contributed by atoms with Gasteiger partial charge in [0.15, 0.2) is 5.25 Å². The van der Waals surface area contributed by atoms with Crippen molar-refractivity contribution in [3.05, 3.63) is 29.8 Å². The van der Waals surface area contributed by atoms with Crippen molar-refractivity contribution in [2.24, 2.45) is 0 Å². The lowest BCUT2D eigenvalue weighted by atomic mass is 10.1. The van der Waals surface area contributed by atoms with Crippen molar-refractivity contribution in [3.8, 4) is 5.75 Å². The van der Waals surface area contributed by atoms with E-state index in [1.54, 1.807) is 0 Å². The quantitative estimate of drug-likeness (QED) is 0.629. The summed E-state index contributed by atoms with van der Waals surface area (Å²) in [7, 11) is -0.210. The summed E-state index contributed by atoms with van der Waals surface area (Å²) in [6.45, 7) is -3.14. The average molecular weight is 325 g/mol. The van der Waals surface area contributed by atoms with Crippen LogP contribution in [-0.4, -0.2) is 21.2 Å². The van der Waals surface area contributed by atoms with E-state index >= 15 is 0 Å². The normalized spacial score (nSPS) is 14.5. The van der Waals surface area contributed by atoms with Crippen LogP contribution in [-0.2, 0) is 9.05 Å². The highest BCUT2D eigenvalue weighted by atomic mass is 35.7. The second-order valence-corrected chi connectivity index (χ2v) is 6.06. The fourth-order valence-electron chi connectivity index (χ4n) is 1.34. The Kier molecular flexibility index (Phi) is 4.62. The highest BCUT2D eigenvalue weighted by molar-refractivity contribution is 8.14. The maximum Gasteiger partial charge on any atom is 0.410 e. The smallest absolute Gasteiger partial charge is 0.410 e. The van der Waals surface area contributed by atoms with Crippen LogP contribution in [0.25, 0.3) is 0 Å². The molecule has 10 heteroatoms. The van der Waals surface area contributed by atoms with Crippen LogP contribution in [0.3, 0.4) is 0 Å². The fraction of sp³-hybridized carbons (Fsp3) is 0.333. The molecule has 0 heterocycles. The molecule has 1 aromatic rings. The molecule has 0 amide bonds. The summed E-state index contributed by atoms with van der Waals surface area (Å²) in [5.74, 6) is -0.397. The van der Waals surface area contributed by atoms with E-state index in [1.165, 1.54) is 0 Å². The summed E-state index contributed by atoms with van der Waals surface area (Å²) in [6, 6.07) is 3.00. The third kappa shape index (κ3) is 4.50. The van der Waals surface area contributed by atoms with E-state index in [0.717, 1.165) is 12.1 Å². The Bertz CT molecular complexity index is 526. The SMILES string of the molecule is O=S(=O)(Cl)C(c1ccc(OC(F)F)cc1)C(F)(F)F. The molecule has 0 bridgehead atoms. The van der Waals surface area contributed by atoms with Gasteiger partial charge in [0.05, 0.1) is 0 Å². The number of alkyl halides is 5. The van der Waals surface area contributed by atoms with Crippen molar-refractivity contribution >= 4 is 19.7 Å². The maximum absolute atomic E-state index is 12.6. The third-order valence-corrected chi connectivity index (χ3v) is 3.62. The number of hydrogen-bond donors (Lipinski definition) is 0. The van der Waals surface area contributed by atoms with Crippen molar-refractivity contribution in [2.75, 3.05) is 0 Å². The van der Waals surface area contributed by atoms with Crippen molar-refractivity contribution in [2.45, 2.75) is 18.0 Å². The molecule has 0 radical (unpaired) electrons. The summed E-state index contributed by atoms with van der Waals surface area (Å²) in [6.07, 6.45) is -5.12. The largest absolute Gasteiger partial charge is 0.435 e. The van der Waals surface area contributed by atoms with E-state index < -0.39 is 38.4 Å². The van der Waals surface area contributed by atoms with E-state index in [4.69, 9.17) is 10.7 Å². The predicted molar refractivity (Wildman–Crippen MR) is 56.6 cm³/mol. The molecule has 0 N–H and O–H groups in total. The second kappa shape index (κ2) is 5.49. The number of benzene rings is 1. The molecule has 1 rings (SSSR count). The Morgan fingerprint density at radius 1 is 1.11 bits per heavy atom. The van der Waals surface area contributed by atoms with Crippen molar-refractivity contribution in [3.63, 3.8) is 0 Å². The van der Waals surface area contributed by atoms with Gasteiger partial charge in [0.2, 0.25) is 9.05 Å². The Morgan fingerprint density at radius 2 is 1.58 bits per heavy atom. The van der Waals surface area contributed by atoms with Crippen molar-refractivity contribution in [1.82, 2.24) is 0 Å². The second-order valence-electron chi connectivity index (χ2n) is 3.34. The van der Waals surface area contributed by atoms with Gasteiger partial charge in [-0.3, -0.25) is 0 Å². The molecule has 3 nitrogen and oxygen atoms in total. The summed E-state index contributed by atoms with van der Waals surface area (Å²) in [5, 5.41) is -2.93. The summed E-state index contributed by atoms with van der Waals surface area (Å²) >= 11 is 0. The standard InChI is InChI=1S/C9H6ClF5O3S/c10-19(16,17)7(9(13,14)15)5-1-3-6(4-2-5)18-8(11)12/h1-4,7-8H. The van der Waals surface area contributed by atoms with Crippen LogP contribution in [0.2, 0.25) is 0 Å². The van der Waals surface area contributed by atoms with E-state index in [-0.39, 0.29) is 0 Å². The van der Waals surface area contributed by atoms with Crippen LogP contribution in [0.4, 0.5) is 22.0 Å². The zero-order chi connectivity index (χ0) is 14.8. The molecule has 0 aromatic heterocycles. The number of hydrogen-bond acceptors (Lipinski definition) is 3. The van der Waals surface area contributed by atoms with Crippen LogP contribution in [0.1, 0.15) is 10.8 Å². The van der Waals surface area contributed by atoms with E-state index in [1.807, 2.05) is 0 Å². The Morgan fingerprint density at radius 3 is 1.89 bits per heavy atom. The lowest BCUT2D eigenvalue weighted by molar-refractivity contribution is -0.131. The first-order chi connectivity index (χ1) is 8.51. The molecular formula is C9H6ClF5O3S. The molecule has 19 heavy (non-hydrogen) atoms. The zero-order valence-electron chi connectivity index (χ0n) is 8.86. The summed E-state index contributed by atoms with van der Waals surface area (Å²) in [4.78, 5) is 0. The lowest BCUT2D eigenvalue weighted by Gasteiger charge is -2.17. The van der Waals surface area contributed by atoms with Crippen LogP contribution < -0.4 is 4.74 Å². The number of ether oxygens (including phenoxy) is 1. The Labute approximate surface area is 109 Å². The molecule has 1 aromatic carbocycles. The lowest BCUT2D eigenvalue weighted by Crippen LogP contribution is -2.25. The van der Waals surface area contributed by atoms with Gasteiger partial charge in [-0.2, -0.15) is 22.0 Å². The van der Waals surface area contributed by atoms with Crippen molar-refractivity contribution < 1.29 is 35.1 Å². The minimum absolute atomic E-state index is 0.397. The molecular weight excluding hydrogens is 319 g/mol. The van der Waals surface area contributed by atoms with E-state index in [2.05, 4.69) is 4.74 Å². The first-order valence-electron chi connectivity index (χ1n) is 4.57. The van der Waals surface area contributed by atoms with Gasteiger partial charge in [0, 0.05) is 10.7 Å². The van der Waals surface area contributed by atoms with Gasteiger partial charge in [-0.25, -0.2) is 8.42 Å². The monoisotopic (exact) mass is 324 g/mol. The molecule has 0 aliphatic rings. The predicted octanol–water partition coefficient (Wildman–Crippen LogP) is 3.46. The van der Waals surface area contributed by atoms with Crippen LogP contribution in [0.5, 0.6) is 5.75 Å². The van der Waals surface area contributed by atoms with Gasteiger partial charge in [0.1, 0.15) is 5.75 Å². The molecule has 0 fully saturated rings. The first kappa shape index (κ1) is 16.0. The van der Waals surface area contributed by atoms with Crippen LogP contribution in [0.15, 0.2) is 24.3 Å². The van der Waals surface area contributed by atoms with Crippen molar-refractivity contribution in [1.29, 1.82) is 0 Å². The molecule has 0 spiro atoms. The number of halogens is 6. The van der Waals surface area contributed by atoms with Gasteiger partial charge in [-0.15, -0.1) is 0 Å². The van der Waals surface area contributed by atoms with Gasteiger partial charge >= 0.3 is 12.8 Å². The molecule has 0 aliphatic heterocycles. The molecule has 0 aliphatic carbocycles. The molecule has 0 saturated heterocycles. The van der Waals surface area contributed by atoms with Crippen LogP contribution >= 0.6 is 10.7 Å². The summed E-state index contributed by atoms with van der Waals surface area (Å²) < 4.78 is 87.3. The molecule has 1 atom stereocenters. The minimum atomic E-state index is -5.12. The van der Waals surface area contributed by atoms with Crippen LogP contribution in [0, 0.1) is 0 Å². The number of rotatable bonds is 4. The summed E-state index contributed by atoms with van der Waals surface area (Å²) in [5.41, 5.74) is -0.691. The van der Waals surface area contributed by atoms with Gasteiger partial charge < -0.3 is 4.74 Å². The molecule has 108 valence electrons. The third-order valence-electron chi connectivity index (χ3n) is 1.99. The minimum Gasteiger partial charge on any atom is -0.435 e. The van der Waals surface area contributed by atoms with E-state index in [0.29, 0.717) is 12.1 Å². The first-order valence-corrected chi connectivity index (χ1v) is 6.94. The Balaban J connectivity index is 3.13. The Hall–Kier alpha value is -1.09. The molecule has 0 saturated carbocycles. The molecule has 1 unspecified atom stereocenters. The topological polar surface area (TPSA) is 43.4 Å². The van der Waals surface area contributed by atoms with Gasteiger partial charge in [-0.05, 0) is 17.7 Å². The van der Waals surface area contributed by atoms with Gasteiger partial charge in [0.25, 0.3) is 0 Å². The maximum atomic E-state index is 12.6. The average Bonchev–Trinajstić information content (AvgIpc) is 2.15. The van der Waals surface area contributed by atoms with E-state index in [9.17, 15) is 30.4 Å². The highest BCUT2D eigenvalue weighted by Crippen LogP contribution is 2.41. The highest BCUT2D eigenvalue weighted by Gasteiger charge is 2.49. The fourth-order valence-corrected chi connectivity index (χ4v) is 2.75. The van der Waals surface area contributed by atoms with Gasteiger partial charge in [-0.1, -0.05) is 12.1 Å².